The highest BCUT2D eigenvalue weighted by Crippen LogP contribution is 2.64. The standard InChI is InChI=1S/C27H44N2O2/c1-24(2,3)16-25(4,5)29-23(31)21-9-8-19-18-15-28-22-14-17(30)10-12-27(22,7)20(18)11-13-26(19,21)6/h14,18-21,28H,8-13,15-16H2,1-7H3,(H,29,31)/t18?,19?,20?,21-,26+,27-/m1/s1. The largest absolute Gasteiger partial charge is 0.387 e. The lowest BCUT2D eigenvalue weighted by molar-refractivity contribution is -0.134. The number of fused-ring (bicyclic) bond motifs is 5. The van der Waals surface area contributed by atoms with Crippen LogP contribution < -0.4 is 10.6 Å². The molecule has 0 aromatic heterocycles. The van der Waals surface area contributed by atoms with E-state index in [9.17, 15) is 9.59 Å². The zero-order valence-electron chi connectivity index (χ0n) is 20.9. The first-order valence-electron chi connectivity index (χ1n) is 12.6. The normalized spacial score (nSPS) is 40.2. The summed E-state index contributed by atoms with van der Waals surface area (Å²) >= 11 is 0. The van der Waals surface area contributed by atoms with E-state index in [0.29, 0.717) is 24.2 Å². The summed E-state index contributed by atoms with van der Waals surface area (Å²) in [5.74, 6) is 2.50. The maximum absolute atomic E-state index is 13.5. The fourth-order valence-corrected chi connectivity index (χ4v) is 8.37. The molecule has 3 unspecified atom stereocenters. The number of nitrogens with one attached hydrogen (secondary N) is 2. The van der Waals surface area contributed by atoms with Crippen molar-refractivity contribution in [2.75, 3.05) is 6.54 Å². The predicted octanol–water partition coefficient (Wildman–Crippen LogP) is 5.23. The van der Waals surface area contributed by atoms with Gasteiger partial charge in [0, 0.05) is 41.6 Å². The van der Waals surface area contributed by atoms with Crippen molar-refractivity contribution in [1.29, 1.82) is 0 Å². The van der Waals surface area contributed by atoms with Gasteiger partial charge in [-0.05, 0) is 81.0 Å². The van der Waals surface area contributed by atoms with E-state index in [-0.39, 0.29) is 39.4 Å². The fourth-order valence-electron chi connectivity index (χ4n) is 8.37. The van der Waals surface area contributed by atoms with Gasteiger partial charge in [-0.1, -0.05) is 34.6 Å². The summed E-state index contributed by atoms with van der Waals surface area (Å²) in [4.78, 5) is 25.5. The van der Waals surface area contributed by atoms with Crippen LogP contribution in [0.1, 0.15) is 93.4 Å². The van der Waals surface area contributed by atoms with E-state index in [1.165, 1.54) is 12.1 Å². The number of amides is 1. The summed E-state index contributed by atoms with van der Waals surface area (Å²) in [6, 6.07) is 0. The van der Waals surface area contributed by atoms with E-state index in [1.54, 1.807) is 0 Å². The van der Waals surface area contributed by atoms with Crippen LogP contribution in [0.15, 0.2) is 11.8 Å². The first kappa shape index (κ1) is 22.9. The van der Waals surface area contributed by atoms with E-state index in [0.717, 1.165) is 38.6 Å². The van der Waals surface area contributed by atoms with Gasteiger partial charge in [0.1, 0.15) is 0 Å². The Kier molecular flexibility index (Phi) is 5.42. The predicted molar refractivity (Wildman–Crippen MR) is 125 cm³/mol. The van der Waals surface area contributed by atoms with E-state index in [4.69, 9.17) is 0 Å². The number of allylic oxidation sites excluding steroid dienone is 2. The van der Waals surface area contributed by atoms with Gasteiger partial charge in [-0.25, -0.2) is 0 Å². The second kappa shape index (κ2) is 7.35. The number of carbonyl (C=O) groups excluding carboxylic acids is 2. The molecule has 0 aromatic rings. The van der Waals surface area contributed by atoms with Gasteiger partial charge < -0.3 is 10.6 Å². The first-order chi connectivity index (χ1) is 14.3. The zero-order chi connectivity index (χ0) is 22.8. The minimum atomic E-state index is -0.185. The van der Waals surface area contributed by atoms with E-state index in [2.05, 4.69) is 59.1 Å². The second-order valence-electron chi connectivity index (χ2n) is 13.5. The molecule has 2 N–H and O–H groups in total. The Labute approximate surface area is 189 Å². The lowest BCUT2D eigenvalue weighted by Gasteiger charge is -2.58. The zero-order valence-corrected chi connectivity index (χ0v) is 20.9. The number of piperidine rings is 1. The van der Waals surface area contributed by atoms with Crippen LogP contribution in [-0.4, -0.2) is 23.8 Å². The average Bonchev–Trinajstić information content (AvgIpc) is 2.97. The Bertz CT molecular complexity index is 792. The van der Waals surface area contributed by atoms with Crippen LogP contribution in [0.25, 0.3) is 0 Å². The number of carbonyl (C=O) groups is 2. The Balaban J connectivity index is 1.52. The topological polar surface area (TPSA) is 58.2 Å². The van der Waals surface area contributed by atoms with Gasteiger partial charge in [0.25, 0.3) is 0 Å². The molecule has 2 saturated carbocycles. The summed E-state index contributed by atoms with van der Waals surface area (Å²) in [5, 5.41) is 7.11. The number of hydrogen-bond donors (Lipinski definition) is 2. The van der Waals surface area contributed by atoms with Gasteiger partial charge in [0.2, 0.25) is 5.91 Å². The molecule has 3 aliphatic carbocycles. The summed E-state index contributed by atoms with van der Waals surface area (Å²) in [5.41, 5.74) is 1.38. The number of ketones is 1. The third-order valence-electron chi connectivity index (χ3n) is 9.35. The first-order valence-corrected chi connectivity index (χ1v) is 12.6. The quantitative estimate of drug-likeness (QED) is 0.647. The second-order valence-corrected chi connectivity index (χ2v) is 13.5. The lowest BCUT2D eigenvalue weighted by Crippen LogP contribution is -2.58. The molecular weight excluding hydrogens is 384 g/mol. The summed E-state index contributed by atoms with van der Waals surface area (Å²) < 4.78 is 0. The smallest absolute Gasteiger partial charge is 0.224 e. The molecule has 1 aliphatic heterocycles. The molecule has 0 radical (unpaired) electrons. The minimum absolute atomic E-state index is 0.0901. The highest BCUT2D eigenvalue weighted by molar-refractivity contribution is 5.91. The molecule has 3 fully saturated rings. The number of hydrogen-bond acceptors (Lipinski definition) is 3. The van der Waals surface area contributed by atoms with Crippen molar-refractivity contribution in [1.82, 2.24) is 10.6 Å². The van der Waals surface area contributed by atoms with Crippen molar-refractivity contribution >= 4 is 11.7 Å². The van der Waals surface area contributed by atoms with Gasteiger partial charge in [-0.15, -0.1) is 0 Å². The van der Waals surface area contributed by atoms with Crippen molar-refractivity contribution in [2.45, 2.75) is 99.0 Å². The highest BCUT2D eigenvalue weighted by Gasteiger charge is 2.60. The monoisotopic (exact) mass is 428 g/mol. The highest BCUT2D eigenvalue weighted by atomic mass is 16.2. The van der Waals surface area contributed by atoms with E-state index >= 15 is 0 Å². The molecule has 174 valence electrons. The van der Waals surface area contributed by atoms with Gasteiger partial charge in [0.05, 0.1) is 0 Å². The molecule has 31 heavy (non-hydrogen) atoms. The maximum Gasteiger partial charge on any atom is 0.224 e. The molecule has 0 aromatic carbocycles. The third kappa shape index (κ3) is 3.97. The van der Waals surface area contributed by atoms with E-state index < -0.39 is 0 Å². The Morgan fingerprint density at radius 1 is 1.10 bits per heavy atom. The van der Waals surface area contributed by atoms with Gasteiger partial charge in [-0.3, -0.25) is 9.59 Å². The van der Waals surface area contributed by atoms with Gasteiger partial charge >= 0.3 is 0 Å². The van der Waals surface area contributed by atoms with Crippen molar-refractivity contribution in [3.05, 3.63) is 11.8 Å². The van der Waals surface area contributed by atoms with Crippen molar-refractivity contribution in [3.63, 3.8) is 0 Å². The van der Waals surface area contributed by atoms with Crippen LogP contribution in [-0.2, 0) is 9.59 Å². The summed E-state index contributed by atoms with van der Waals surface area (Å²) in [6.45, 7) is 16.8. The SMILES string of the molecule is CC(C)(C)CC(C)(C)NC(=O)[C@H]1CCC2C3CNC4=CC(=O)CC[C@]4(C)C3CC[C@@]21C. The third-order valence-corrected chi connectivity index (χ3v) is 9.35. The van der Waals surface area contributed by atoms with Crippen LogP contribution in [0.5, 0.6) is 0 Å². The van der Waals surface area contributed by atoms with Gasteiger partial charge in [-0.2, -0.15) is 0 Å². The van der Waals surface area contributed by atoms with Crippen molar-refractivity contribution < 1.29 is 9.59 Å². The molecule has 1 heterocycles. The van der Waals surface area contributed by atoms with Crippen LogP contribution in [0.2, 0.25) is 0 Å². The average molecular weight is 429 g/mol. The summed E-state index contributed by atoms with van der Waals surface area (Å²) in [6.07, 6.45) is 8.99. The van der Waals surface area contributed by atoms with Crippen molar-refractivity contribution in [3.8, 4) is 0 Å². The van der Waals surface area contributed by atoms with Crippen LogP contribution in [0, 0.1) is 39.9 Å². The lowest BCUT2D eigenvalue weighted by atomic mass is 9.50. The van der Waals surface area contributed by atoms with Crippen LogP contribution in [0.4, 0.5) is 0 Å². The Morgan fingerprint density at radius 3 is 2.48 bits per heavy atom. The minimum Gasteiger partial charge on any atom is -0.387 e. The molecular formula is C27H44N2O2. The van der Waals surface area contributed by atoms with Gasteiger partial charge in [0.15, 0.2) is 5.78 Å². The molecule has 4 heteroatoms. The van der Waals surface area contributed by atoms with Crippen LogP contribution in [0.3, 0.4) is 0 Å². The van der Waals surface area contributed by atoms with Crippen molar-refractivity contribution in [2.24, 2.45) is 39.9 Å². The molecule has 0 spiro atoms. The summed E-state index contributed by atoms with van der Waals surface area (Å²) in [7, 11) is 0. The molecule has 4 aliphatic rings. The molecule has 1 saturated heterocycles. The fraction of sp³-hybridized carbons (Fsp3) is 0.852. The molecule has 1 amide bonds. The maximum atomic E-state index is 13.5. The molecule has 4 nitrogen and oxygen atoms in total. The molecule has 0 bridgehead atoms. The number of rotatable bonds is 3. The van der Waals surface area contributed by atoms with E-state index in [1.807, 2.05) is 6.08 Å². The Hall–Kier alpha value is -1.32. The molecule has 6 atom stereocenters. The Morgan fingerprint density at radius 2 is 1.81 bits per heavy atom. The van der Waals surface area contributed by atoms with Crippen LogP contribution >= 0.6 is 0 Å². The molecule has 4 rings (SSSR count).